The Hall–Kier alpha value is -5.18. The van der Waals surface area contributed by atoms with Crippen molar-refractivity contribution in [3.63, 3.8) is 0 Å². The second kappa shape index (κ2) is 15.0. The minimum absolute atomic E-state index is 0.0715. The zero-order valence-corrected chi connectivity index (χ0v) is 29.4. The van der Waals surface area contributed by atoms with Gasteiger partial charge in [0.05, 0.1) is 29.6 Å². The minimum Gasteiger partial charge on any atom is -0.394 e. The van der Waals surface area contributed by atoms with Crippen LogP contribution in [0, 0.1) is 0 Å². The second-order valence-corrected chi connectivity index (χ2v) is 14.6. The van der Waals surface area contributed by atoms with Gasteiger partial charge in [-0.05, 0) is 49.1 Å². The Kier molecular flexibility index (Phi) is 10.3. The van der Waals surface area contributed by atoms with Gasteiger partial charge in [-0.25, -0.2) is 23.3 Å². The van der Waals surface area contributed by atoms with Gasteiger partial charge in [0, 0.05) is 30.9 Å². The molecule has 6 atom stereocenters. The van der Waals surface area contributed by atoms with E-state index in [0.717, 1.165) is 5.56 Å². The van der Waals surface area contributed by atoms with Crippen molar-refractivity contribution in [2.75, 3.05) is 35.2 Å². The van der Waals surface area contributed by atoms with E-state index in [-0.39, 0.29) is 23.3 Å². The molecule has 18 nitrogen and oxygen atoms in total. The van der Waals surface area contributed by atoms with Crippen molar-refractivity contribution in [2.24, 2.45) is 5.14 Å². The molecule has 2 aliphatic rings. The number of nitrogens with one attached hydrogen (secondary N) is 3. The lowest BCUT2D eigenvalue weighted by Crippen LogP contribution is -2.40. The third-order valence-corrected chi connectivity index (χ3v) is 10.2. The molecule has 2 amide bonds. The maximum absolute atomic E-state index is 12.9. The number of hydrogen-bond acceptors (Lipinski definition) is 14. The monoisotopic (exact) mass is 748 g/mol. The Morgan fingerprint density at radius 1 is 1.09 bits per heavy atom. The number of anilines is 3. The van der Waals surface area contributed by atoms with Crippen LogP contribution in [0.25, 0.3) is 11.2 Å². The molecule has 0 radical (unpaired) electrons. The quantitative estimate of drug-likeness (QED) is 0.0953. The molecular weight excluding hydrogens is 709 g/mol. The lowest BCUT2D eigenvalue weighted by atomic mass is 10.1. The molecule has 8 N–H and O–H groups in total. The Morgan fingerprint density at radius 3 is 2.57 bits per heavy atom. The summed E-state index contributed by atoms with van der Waals surface area (Å²) in [5.74, 6) is 0.918. The van der Waals surface area contributed by atoms with Crippen LogP contribution in [-0.4, -0.2) is 98.4 Å². The first kappa shape index (κ1) is 36.2. The summed E-state index contributed by atoms with van der Waals surface area (Å²) in [7, 11) is -3.87. The molecule has 2 aliphatic heterocycles. The molecule has 3 aromatic heterocycles. The van der Waals surface area contributed by atoms with Gasteiger partial charge in [0.25, 0.3) is 0 Å². The minimum atomic E-state index is -3.87. The average molecular weight is 749 g/mol. The third-order valence-electron chi connectivity index (χ3n) is 9.28. The van der Waals surface area contributed by atoms with Crippen molar-refractivity contribution in [2.45, 2.75) is 67.7 Å². The molecule has 0 unspecified atom stereocenters. The molecule has 19 heteroatoms. The normalized spacial score (nSPS) is 22.3. The van der Waals surface area contributed by atoms with E-state index < -0.39 is 46.6 Å². The van der Waals surface area contributed by atoms with Crippen molar-refractivity contribution in [1.29, 1.82) is 0 Å². The van der Waals surface area contributed by atoms with E-state index >= 15 is 0 Å². The largest absolute Gasteiger partial charge is 0.394 e. The molecule has 0 spiro atoms. The number of carbonyl (C=O) groups is 1. The van der Waals surface area contributed by atoms with Gasteiger partial charge in [0.15, 0.2) is 29.0 Å². The van der Waals surface area contributed by atoms with Crippen LogP contribution >= 0.6 is 0 Å². The number of rotatable bonds is 12. The molecule has 280 valence electrons. The predicted molar refractivity (Wildman–Crippen MR) is 191 cm³/mol. The summed E-state index contributed by atoms with van der Waals surface area (Å²) in [6.07, 6.45) is -1.68. The molecule has 0 bridgehead atoms. The van der Waals surface area contributed by atoms with Gasteiger partial charge < -0.3 is 45.4 Å². The first-order chi connectivity index (χ1) is 25.5. The molecule has 53 heavy (non-hydrogen) atoms. The van der Waals surface area contributed by atoms with Crippen molar-refractivity contribution in [1.82, 2.24) is 30.0 Å². The number of ether oxygens (including phenoxy) is 1. The summed E-state index contributed by atoms with van der Waals surface area (Å²) in [6, 6.07) is 15.6. The maximum atomic E-state index is 12.9. The first-order valence-corrected chi connectivity index (χ1v) is 18.6. The van der Waals surface area contributed by atoms with Gasteiger partial charge in [-0.2, -0.15) is 9.97 Å². The van der Waals surface area contributed by atoms with Crippen LogP contribution in [0.15, 0.2) is 76.4 Å². The van der Waals surface area contributed by atoms with E-state index in [1.165, 1.54) is 35.2 Å². The van der Waals surface area contributed by atoms with E-state index in [1.54, 1.807) is 6.07 Å². The van der Waals surface area contributed by atoms with Crippen molar-refractivity contribution < 1.29 is 37.8 Å². The standard InChI is InChI=1S/C34H40N10O8S/c1-2-20-15-25(52-42-20)29-27(46)28(47)32(51-29)44-18-36-26-30(37-23(17-45)14-19-6-4-3-5-7-19)40-33(41-31(26)44)43-13-12-22(16-43)39-34(48)38-21-8-10-24(11-9-21)53(35,49)50/h3-11,15,18,22-23,27-29,32,45-47H,2,12-14,16-17H2,1H3,(H2,35,49,50)(H,37,40,41)(H2,38,39,48)/t22-,23-,27-,28+,29+,32+/m0/s1. The smallest absolute Gasteiger partial charge is 0.319 e. The number of aryl methyl sites for hydroxylation is 1. The molecule has 7 rings (SSSR count). The number of aromatic nitrogens is 5. The van der Waals surface area contributed by atoms with Crippen molar-refractivity contribution >= 4 is 44.7 Å². The number of urea groups is 1. The summed E-state index contributed by atoms with van der Waals surface area (Å²) < 4.78 is 36.2. The van der Waals surface area contributed by atoms with Crippen LogP contribution in [0.3, 0.4) is 0 Å². The molecule has 0 aliphatic carbocycles. The highest BCUT2D eigenvalue weighted by Gasteiger charge is 2.47. The molecule has 0 saturated carbocycles. The van der Waals surface area contributed by atoms with E-state index in [9.17, 15) is 28.5 Å². The number of hydrogen-bond donors (Lipinski definition) is 7. The lowest BCUT2D eigenvalue weighted by molar-refractivity contribution is -0.0434. The summed E-state index contributed by atoms with van der Waals surface area (Å²) in [4.78, 5) is 28.9. The van der Waals surface area contributed by atoms with Crippen LogP contribution in [-0.2, 0) is 27.6 Å². The summed E-state index contributed by atoms with van der Waals surface area (Å²) in [5.41, 5.74) is 2.72. The highest BCUT2D eigenvalue weighted by molar-refractivity contribution is 7.89. The predicted octanol–water partition coefficient (Wildman–Crippen LogP) is 1.43. The van der Waals surface area contributed by atoms with Crippen LogP contribution < -0.4 is 26.0 Å². The van der Waals surface area contributed by atoms with Crippen LogP contribution in [0.2, 0.25) is 0 Å². The van der Waals surface area contributed by atoms with Crippen LogP contribution in [0.1, 0.15) is 42.7 Å². The molecule has 2 fully saturated rings. The van der Waals surface area contributed by atoms with E-state index in [2.05, 4.69) is 26.1 Å². The SMILES string of the molecule is CCc1cc([C@H]2O[C@@H](n3cnc4c(N[C@H](CO)Cc5ccccc5)nc(N5CC[C@H](NC(=O)Nc6ccc(S(N)(=O)=O)cc6)C5)nc43)[C@H](O)[C@@H]2O)on1. The Bertz CT molecular complexity index is 2160. The second-order valence-electron chi connectivity index (χ2n) is 13.0. The highest BCUT2D eigenvalue weighted by atomic mass is 32.2. The number of imidazole rings is 1. The van der Waals surface area contributed by atoms with Gasteiger partial charge in [-0.3, -0.25) is 4.57 Å². The number of fused-ring (bicyclic) bond motifs is 1. The molecule has 2 aromatic carbocycles. The number of amides is 2. The zero-order valence-electron chi connectivity index (χ0n) is 28.6. The first-order valence-electron chi connectivity index (χ1n) is 17.1. The van der Waals surface area contributed by atoms with Gasteiger partial charge in [0.2, 0.25) is 16.0 Å². The van der Waals surface area contributed by atoms with Crippen molar-refractivity contribution in [3.05, 3.63) is 84.0 Å². The molecule has 2 saturated heterocycles. The lowest BCUT2D eigenvalue weighted by Gasteiger charge is -2.22. The van der Waals surface area contributed by atoms with Crippen molar-refractivity contribution in [3.8, 4) is 0 Å². The number of nitrogens with zero attached hydrogens (tertiary/aromatic N) is 6. The molecular formula is C34H40N10O8S. The molecule has 5 aromatic rings. The van der Waals surface area contributed by atoms with Gasteiger partial charge >= 0.3 is 6.03 Å². The fraction of sp³-hybridized carbons (Fsp3) is 0.382. The number of nitrogens with two attached hydrogens (primary N) is 1. The number of aliphatic hydroxyl groups excluding tert-OH is 3. The topological polar surface area (TPSA) is 256 Å². The fourth-order valence-corrected chi connectivity index (χ4v) is 7.00. The zero-order chi connectivity index (χ0) is 37.3. The Morgan fingerprint density at radius 2 is 1.87 bits per heavy atom. The Labute approximate surface area is 304 Å². The Balaban J connectivity index is 1.14. The average Bonchev–Trinajstić information content (AvgIpc) is 3.96. The summed E-state index contributed by atoms with van der Waals surface area (Å²) in [5, 5.41) is 50.7. The number of carbonyl (C=O) groups excluding carboxylic acids is 1. The molecule has 5 heterocycles. The van der Waals surface area contributed by atoms with Gasteiger partial charge in [-0.15, -0.1) is 0 Å². The van der Waals surface area contributed by atoms with Gasteiger partial charge in [0.1, 0.15) is 18.3 Å². The maximum Gasteiger partial charge on any atom is 0.319 e. The van der Waals surface area contributed by atoms with Crippen LogP contribution in [0.5, 0.6) is 0 Å². The van der Waals surface area contributed by atoms with Crippen LogP contribution in [0.4, 0.5) is 22.2 Å². The third kappa shape index (κ3) is 7.80. The number of benzene rings is 2. The van der Waals surface area contributed by atoms with E-state index in [4.69, 9.17) is 24.4 Å². The van der Waals surface area contributed by atoms with E-state index in [0.29, 0.717) is 66.7 Å². The van der Waals surface area contributed by atoms with Gasteiger partial charge in [-0.1, -0.05) is 42.4 Å². The highest BCUT2D eigenvalue weighted by Crippen LogP contribution is 2.40. The number of primary sulfonamides is 1. The summed E-state index contributed by atoms with van der Waals surface area (Å²) >= 11 is 0. The number of sulfonamides is 1. The van der Waals surface area contributed by atoms with E-state index in [1.807, 2.05) is 42.2 Å². The fourth-order valence-electron chi connectivity index (χ4n) is 6.48. The summed E-state index contributed by atoms with van der Waals surface area (Å²) in [6.45, 7) is 2.54. The number of aliphatic hydroxyl groups is 3.